The van der Waals surface area contributed by atoms with Crippen molar-refractivity contribution in [1.29, 1.82) is 0 Å². The summed E-state index contributed by atoms with van der Waals surface area (Å²) in [7, 11) is 0. The van der Waals surface area contributed by atoms with Gasteiger partial charge in [0.1, 0.15) is 12.1 Å². The molecule has 0 aromatic carbocycles. The van der Waals surface area contributed by atoms with Gasteiger partial charge in [0.25, 0.3) is 0 Å². The average Bonchev–Trinajstić information content (AvgIpc) is 3.33. The summed E-state index contributed by atoms with van der Waals surface area (Å²) in [6, 6.07) is -1.63. The summed E-state index contributed by atoms with van der Waals surface area (Å²) in [5.74, 6) is -0.970. The quantitative estimate of drug-likeness (QED) is 0.505. The van der Waals surface area contributed by atoms with Gasteiger partial charge in [-0.15, -0.1) is 0 Å². The minimum atomic E-state index is -0.754. The summed E-state index contributed by atoms with van der Waals surface area (Å²) < 4.78 is 0. The highest BCUT2D eigenvalue weighted by molar-refractivity contribution is 5.93. The second kappa shape index (κ2) is 7.64. The lowest BCUT2D eigenvalue weighted by molar-refractivity contribution is -0.140. The third-order valence-corrected chi connectivity index (χ3v) is 4.83. The second-order valence-corrected chi connectivity index (χ2v) is 6.58. The van der Waals surface area contributed by atoms with E-state index in [1.165, 1.54) is 11.2 Å². The molecule has 2 aliphatic heterocycles. The predicted octanol–water partition coefficient (Wildman–Crippen LogP) is -1.33. The van der Waals surface area contributed by atoms with Gasteiger partial charge in [0, 0.05) is 24.9 Å². The molecule has 0 saturated carbocycles. The average molecular weight is 348 g/mol. The highest BCUT2D eigenvalue weighted by atomic mass is 16.2. The van der Waals surface area contributed by atoms with E-state index in [2.05, 4.69) is 20.6 Å². The van der Waals surface area contributed by atoms with Gasteiger partial charge >= 0.3 is 0 Å². The molecule has 0 unspecified atom stereocenters. The molecule has 1 aromatic rings. The first kappa shape index (κ1) is 17.4. The van der Waals surface area contributed by atoms with Crippen molar-refractivity contribution in [2.75, 3.05) is 13.1 Å². The maximum absolute atomic E-state index is 13.0. The van der Waals surface area contributed by atoms with E-state index >= 15 is 0 Å². The number of aromatic amines is 1. The molecule has 3 amide bonds. The van der Waals surface area contributed by atoms with Crippen LogP contribution in [0.5, 0.6) is 0 Å². The summed E-state index contributed by atoms with van der Waals surface area (Å²) in [6.45, 7) is 1.27. The third kappa shape index (κ3) is 3.98. The van der Waals surface area contributed by atoms with Crippen LogP contribution >= 0.6 is 0 Å². The molecule has 25 heavy (non-hydrogen) atoms. The highest BCUT2D eigenvalue weighted by Gasteiger charge is 2.37. The molecule has 2 fully saturated rings. The number of hydrogen-bond donors (Lipinski definition) is 4. The molecule has 0 spiro atoms. The number of carbonyl (C=O) groups is 3. The Kier molecular flexibility index (Phi) is 5.32. The van der Waals surface area contributed by atoms with Gasteiger partial charge in [-0.25, -0.2) is 4.98 Å². The number of imidazole rings is 1. The van der Waals surface area contributed by atoms with Crippen molar-refractivity contribution < 1.29 is 14.4 Å². The van der Waals surface area contributed by atoms with Crippen LogP contribution in [0, 0.1) is 0 Å². The topological polar surface area (TPSA) is 133 Å². The van der Waals surface area contributed by atoms with E-state index in [-0.39, 0.29) is 17.9 Å². The zero-order valence-corrected chi connectivity index (χ0v) is 14.0. The van der Waals surface area contributed by atoms with Crippen LogP contribution in [-0.2, 0) is 20.8 Å². The number of H-pyrrole nitrogens is 1. The summed E-state index contributed by atoms with van der Waals surface area (Å²) >= 11 is 0. The summed E-state index contributed by atoms with van der Waals surface area (Å²) in [5.41, 5.74) is 6.16. The number of nitrogens with two attached hydrogens (primary N) is 1. The molecule has 2 saturated heterocycles. The van der Waals surface area contributed by atoms with Crippen LogP contribution in [0.1, 0.15) is 31.4 Å². The second-order valence-electron chi connectivity index (χ2n) is 6.58. The molecule has 3 atom stereocenters. The molecular formula is C16H24N6O3. The van der Waals surface area contributed by atoms with Gasteiger partial charge in [-0.05, 0) is 32.2 Å². The van der Waals surface area contributed by atoms with Gasteiger partial charge in [0.2, 0.25) is 17.7 Å². The molecule has 5 N–H and O–H groups in total. The molecule has 0 radical (unpaired) electrons. The van der Waals surface area contributed by atoms with Crippen LogP contribution in [0.3, 0.4) is 0 Å². The van der Waals surface area contributed by atoms with Crippen molar-refractivity contribution in [2.24, 2.45) is 5.73 Å². The van der Waals surface area contributed by atoms with E-state index in [0.717, 1.165) is 31.5 Å². The minimum Gasteiger partial charge on any atom is -0.368 e. The number of primary amides is 1. The summed E-state index contributed by atoms with van der Waals surface area (Å²) in [5, 5.41) is 5.97. The Labute approximate surface area is 145 Å². The first-order valence-electron chi connectivity index (χ1n) is 8.67. The van der Waals surface area contributed by atoms with E-state index in [1.54, 1.807) is 6.20 Å². The monoisotopic (exact) mass is 348 g/mol. The first-order chi connectivity index (χ1) is 12.1. The number of aromatic nitrogens is 2. The maximum Gasteiger partial charge on any atom is 0.246 e. The number of amides is 3. The largest absolute Gasteiger partial charge is 0.368 e. The number of hydrogen-bond acceptors (Lipinski definition) is 5. The van der Waals surface area contributed by atoms with Gasteiger partial charge in [0.05, 0.1) is 12.4 Å². The Hall–Kier alpha value is -2.42. The van der Waals surface area contributed by atoms with Gasteiger partial charge in [-0.3, -0.25) is 14.4 Å². The van der Waals surface area contributed by atoms with Crippen molar-refractivity contribution in [1.82, 2.24) is 25.5 Å². The van der Waals surface area contributed by atoms with Crippen molar-refractivity contribution in [3.63, 3.8) is 0 Å². The lowest BCUT2D eigenvalue weighted by atomic mass is 10.1. The predicted molar refractivity (Wildman–Crippen MR) is 89.2 cm³/mol. The molecule has 2 aliphatic rings. The van der Waals surface area contributed by atoms with Crippen molar-refractivity contribution in [2.45, 2.75) is 50.2 Å². The molecule has 3 heterocycles. The third-order valence-electron chi connectivity index (χ3n) is 4.83. The molecule has 3 rings (SSSR count). The van der Waals surface area contributed by atoms with Crippen LogP contribution in [0.2, 0.25) is 0 Å². The highest BCUT2D eigenvalue weighted by Crippen LogP contribution is 2.19. The number of rotatable bonds is 6. The standard InChI is InChI=1S/C16H24N6O3/c17-14(23)13-4-2-6-22(13)16(25)12(7-10-8-18-9-20-10)21-15(24)11-3-1-5-19-11/h8-9,11-13,19H,1-7H2,(H2,17,23)(H,18,20)(H,21,24)/t11-,12-,13-/m0/s1. The van der Waals surface area contributed by atoms with E-state index in [4.69, 9.17) is 5.73 Å². The molecule has 9 nitrogen and oxygen atoms in total. The SMILES string of the molecule is NC(=O)[C@@H]1CCCN1C(=O)[C@H](Cc1cnc[nH]1)NC(=O)[C@@H]1CCCN1. The molecule has 9 heteroatoms. The van der Waals surface area contributed by atoms with E-state index in [9.17, 15) is 14.4 Å². The number of carbonyl (C=O) groups excluding carboxylic acids is 3. The van der Waals surface area contributed by atoms with E-state index < -0.39 is 18.0 Å². The molecule has 1 aromatic heterocycles. The van der Waals surface area contributed by atoms with E-state index in [0.29, 0.717) is 19.4 Å². The fraction of sp³-hybridized carbons (Fsp3) is 0.625. The van der Waals surface area contributed by atoms with Crippen LogP contribution in [0.25, 0.3) is 0 Å². The minimum absolute atomic E-state index is 0.190. The Morgan fingerprint density at radius 2 is 2.20 bits per heavy atom. The van der Waals surface area contributed by atoms with Crippen LogP contribution in [-0.4, -0.2) is 63.8 Å². The van der Waals surface area contributed by atoms with Gasteiger partial charge < -0.3 is 26.3 Å². The zero-order valence-electron chi connectivity index (χ0n) is 14.0. The van der Waals surface area contributed by atoms with Crippen LogP contribution in [0.4, 0.5) is 0 Å². The van der Waals surface area contributed by atoms with E-state index in [1.807, 2.05) is 0 Å². The molecule has 0 aliphatic carbocycles. The maximum atomic E-state index is 13.0. The van der Waals surface area contributed by atoms with Crippen molar-refractivity contribution in [3.05, 3.63) is 18.2 Å². The first-order valence-corrected chi connectivity index (χ1v) is 8.67. The van der Waals surface area contributed by atoms with Gasteiger partial charge in [-0.1, -0.05) is 0 Å². The fourth-order valence-corrected chi connectivity index (χ4v) is 3.52. The fourth-order valence-electron chi connectivity index (χ4n) is 3.52. The molecule has 0 bridgehead atoms. The van der Waals surface area contributed by atoms with Crippen LogP contribution in [0.15, 0.2) is 12.5 Å². The van der Waals surface area contributed by atoms with Gasteiger partial charge in [-0.2, -0.15) is 0 Å². The number of nitrogens with zero attached hydrogens (tertiary/aromatic N) is 2. The summed E-state index contributed by atoms with van der Waals surface area (Å²) in [6.07, 6.45) is 6.43. The number of nitrogens with one attached hydrogen (secondary N) is 3. The Balaban J connectivity index is 1.73. The Morgan fingerprint density at radius 3 is 2.84 bits per heavy atom. The molecule has 136 valence electrons. The molecular weight excluding hydrogens is 324 g/mol. The Morgan fingerprint density at radius 1 is 1.36 bits per heavy atom. The van der Waals surface area contributed by atoms with Crippen molar-refractivity contribution in [3.8, 4) is 0 Å². The van der Waals surface area contributed by atoms with Crippen LogP contribution < -0.4 is 16.4 Å². The smallest absolute Gasteiger partial charge is 0.246 e. The Bertz CT molecular complexity index is 626. The van der Waals surface area contributed by atoms with Gasteiger partial charge in [0.15, 0.2) is 0 Å². The summed E-state index contributed by atoms with van der Waals surface area (Å²) in [4.78, 5) is 45.4. The normalized spacial score (nSPS) is 24.2. The lowest BCUT2D eigenvalue weighted by Crippen LogP contribution is -2.55. The zero-order chi connectivity index (χ0) is 17.8. The lowest BCUT2D eigenvalue weighted by Gasteiger charge is -2.28. The van der Waals surface area contributed by atoms with Crippen molar-refractivity contribution >= 4 is 17.7 Å². The number of likely N-dealkylation sites (tertiary alicyclic amines) is 1.